The van der Waals surface area contributed by atoms with Crippen LogP contribution in [0.1, 0.15) is 156 Å². The number of carbonyl (C=O) groups excluding carboxylic acids is 4. The van der Waals surface area contributed by atoms with Crippen LogP contribution in [-0.2, 0) is 0 Å². The highest BCUT2D eigenvalue weighted by Gasteiger charge is 2.31. The molecule has 738 valence electrons. The van der Waals surface area contributed by atoms with Crippen LogP contribution in [0.2, 0.25) is 0 Å². The van der Waals surface area contributed by atoms with Gasteiger partial charge in [-0.25, -0.2) is 4.39 Å². The lowest BCUT2D eigenvalue weighted by atomic mass is 9.97. The Morgan fingerprint density at radius 2 is 0.622 bits per heavy atom. The zero-order valence-electron chi connectivity index (χ0n) is 81.7. The number of hydrogen-bond acceptors (Lipinski definition) is 24. The van der Waals surface area contributed by atoms with E-state index in [9.17, 15) is 44.0 Å². The Morgan fingerprint density at radius 3 is 0.958 bits per heavy atom. The van der Waals surface area contributed by atoms with E-state index in [-0.39, 0.29) is 51.9 Å². The first-order valence-corrected chi connectivity index (χ1v) is 52.2. The average molecular weight is 2000 g/mol. The lowest BCUT2D eigenvalue weighted by Gasteiger charge is -2.16. The summed E-state index contributed by atoms with van der Waals surface area (Å²) in [6.07, 6.45) is 8.08. The lowest BCUT2D eigenvalue weighted by Crippen LogP contribution is -2.25. The second-order valence-corrected chi connectivity index (χ2v) is 42.0. The SMILES string of the molecule is C[C@H]1CCN(CCCOc2ccc(Oc3c(C(=O)c4ccccc4)sc4cc(O)ccc34)cc2)C1.Cc1cc(F)cc(C)c1C(=O)c1sc2cc(O)ccc2c1Oc1ccc(OCN2CC[C@@H](C)C2)cc1.Cc1ccc(C(=O)c2sc3cc(O)ccc3c2Oc2ccc(OCCCN3CC[C@@H](C)C3)cc2)cc1.Cc1ccccc1C(=O)c1sc2cc(O)ccc2c1Oc1ccc(OCCCN2CC[C@H](C)C2)cc1. The van der Waals surface area contributed by atoms with Gasteiger partial charge >= 0.3 is 0 Å². The van der Waals surface area contributed by atoms with Gasteiger partial charge in [0.1, 0.15) is 101 Å². The fraction of sp³-hybridized carbons (Fsp3) is 0.288. The molecule has 16 aromatic rings. The number of phenols is 4. The predicted molar refractivity (Wildman–Crippen MR) is 570 cm³/mol. The molecule has 0 unspecified atom stereocenters. The van der Waals surface area contributed by atoms with Crippen LogP contribution in [-0.4, -0.2) is 162 Å². The van der Waals surface area contributed by atoms with Crippen LogP contribution in [0.5, 0.6) is 92.0 Å². The van der Waals surface area contributed by atoms with Crippen LogP contribution in [0.4, 0.5) is 4.39 Å². The molecule has 20 nitrogen and oxygen atoms in total. The summed E-state index contributed by atoms with van der Waals surface area (Å²) in [6, 6.07) is 77.0. The van der Waals surface area contributed by atoms with Crippen LogP contribution in [0.15, 0.2) is 261 Å². The minimum absolute atomic E-state index is 0.0869. The molecular formula is C118H119FN4O16S4. The first kappa shape index (κ1) is 101. The highest BCUT2D eigenvalue weighted by Crippen LogP contribution is 2.49. The van der Waals surface area contributed by atoms with Crippen LogP contribution in [0, 0.1) is 57.2 Å². The van der Waals surface area contributed by atoms with E-state index in [0.29, 0.717) is 131 Å². The Labute approximate surface area is 849 Å². The van der Waals surface area contributed by atoms with Crippen LogP contribution >= 0.6 is 45.3 Å². The topological polar surface area (TPSA) is 236 Å². The molecule has 8 heterocycles. The van der Waals surface area contributed by atoms with E-state index in [2.05, 4.69) is 47.3 Å². The molecular weight excluding hydrogens is 1880 g/mol. The van der Waals surface area contributed by atoms with Gasteiger partial charge in [-0.05, 0) is 315 Å². The van der Waals surface area contributed by atoms with Crippen LogP contribution in [0.25, 0.3) is 40.3 Å². The largest absolute Gasteiger partial charge is 0.508 e. The Kier molecular flexibility index (Phi) is 33.3. The van der Waals surface area contributed by atoms with E-state index in [1.54, 1.807) is 98.8 Å². The molecule has 0 radical (unpaired) electrons. The van der Waals surface area contributed by atoms with Gasteiger partial charge in [-0.15, -0.1) is 45.3 Å². The van der Waals surface area contributed by atoms with Gasteiger partial charge in [-0.1, -0.05) is 112 Å². The molecule has 4 N–H and O–H groups in total. The number of likely N-dealkylation sites (tertiary alicyclic amines) is 4. The minimum Gasteiger partial charge on any atom is -0.508 e. The summed E-state index contributed by atoms with van der Waals surface area (Å²) in [5.74, 6) is 10.3. The van der Waals surface area contributed by atoms with Crippen molar-refractivity contribution in [2.45, 2.75) is 100 Å². The molecule has 4 aromatic heterocycles. The molecule has 143 heavy (non-hydrogen) atoms. The number of fused-ring (bicyclic) bond motifs is 4. The Morgan fingerprint density at radius 1 is 0.322 bits per heavy atom. The summed E-state index contributed by atoms with van der Waals surface area (Å²) in [4.78, 5) is 65.6. The summed E-state index contributed by atoms with van der Waals surface area (Å²) in [6.45, 7) is 31.6. The van der Waals surface area contributed by atoms with Crippen LogP contribution < -0.4 is 37.9 Å². The van der Waals surface area contributed by atoms with Crippen molar-refractivity contribution in [3.63, 3.8) is 0 Å². The first-order chi connectivity index (χ1) is 69.3. The van der Waals surface area contributed by atoms with E-state index in [1.807, 2.05) is 178 Å². The maximum absolute atomic E-state index is 13.9. The Balaban J connectivity index is 0.000000131. The molecule has 0 amide bonds. The van der Waals surface area contributed by atoms with Gasteiger partial charge in [0.05, 0.1) is 19.8 Å². The quantitative estimate of drug-likeness (QED) is 0.0217. The number of ketones is 4. The third-order valence-corrected chi connectivity index (χ3v) is 30.6. The minimum atomic E-state index is -0.374. The van der Waals surface area contributed by atoms with Crippen molar-refractivity contribution in [3.8, 4) is 92.0 Å². The van der Waals surface area contributed by atoms with Crippen LogP contribution in [0.3, 0.4) is 0 Å². The van der Waals surface area contributed by atoms with Crippen molar-refractivity contribution in [1.82, 2.24) is 19.6 Å². The van der Waals surface area contributed by atoms with Gasteiger partial charge in [0.25, 0.3) is 0 Å². The van der Waals surface area contributed by atoms with Gasteiger partial charge < -0.3 is 73.0 Å². The van der Waals surface area contributed by atoms with E-state index in [1.165, 1.54) is 122 Å². The van der Waals surface area contributed by atoms with Gasteiger partial charge in [-0.3, -0.25) is 24.1 Å². The maximum atomic E-state index is 13.9. The van der Waals surface area contributed by atoms with Crippen molar-refractivity contribution in [2.75, 3.05) is 98.5 Å². The van der Waals surface area contributed by atoms with E-state index in [4.69, 9.17) is 37.9 Å². The maximum Gasteiger partial charge on any atom is 0.207 e. The molecule has 25 heteroatoms. The Bertz CT molecular complexity index is 7110. The van der Waals surface area contributed by atoms with Crippen molar-refractivity contribution in [2.24, 2.45) is 23.7 Å². The second-order valence-electron chi connectivity index (χ2n) is 37.8. The van der Waals surface area contributed by atoms with E-state index < -0.39 is 0 Å². The summed E-state index contributed by atoms with van der Waals surface area (Å²) < 4.78 is 65.8. The molecule has 0 spiro atoms. The van der Waals surface area contributed by atoms with Crippen molar-refractivity contribution in [1.29, 1.82) is 0 Å². The number of carbonyl (C=O) groups is 4. The molecule has 0 saturated carbocycles. The normalized spacial score (nSPS) is 15.9. The average Bonchev–Trinajstić information content (AvgIpc) is 1.64. The number of hydrogen-bond donors (Lipinski definition) is 4. The fourth-order valence-corrected chi connectivity index (χ4v) is 22.9. The Hall–Kier alpha value is -13.5. The molecule has 4 fully saturated rings. The summed E-state index contributed by atoms with van der Waals surface area (Å²) in [5, 5.41) is 43.0. The number of thiophene rings is 4. The standard InChI is InChI=1S/2C30H31NO4S.C29H28FNO4S.C29H29NO4S/c1-20-4-6-22(7-5-20)28(33)30-29(26-13-8-23(32)18-27(26)36-30)35-25-11-9-24(10-12-25)34-17-3-15-31-16-14-21(2)19-31;1-20-14-16-31(19-20)15-5-17-34-23-9-11-24(12-10-23)35-29-26-13-8-22(32)18-27(26)36-30(29)28(33)25-7-4-3-6-21(25)2;1-17-10-11-31(15-17)16-34-22-5-7-23(8-6-22)35-28-24-9-4-21(32)14-25(24)36-29(28)27(33)26-18(2)12-20(30)13-19(26)3;1-20-14-16-30(19-20)15-5-17-33-23-9-11-24(12-10-23)34-28-25-13-8-22(31)18-26(25)35-29(28)27(32)21-6-3-2-4-7-21/h4-13,18,21,32H,3,14-17,19H2,1-2H3;3-4,6-13,18,20,32H,5,14-17,19H2,1-2H3;4-9,12-14,17,32H,10-11,15-16H2,1-3H3;2-4,6-13,18,20,31H,5,14-17,19H2,1H3/t21-;20-;17-;20-/m1010/s1. The second kappa shape index (κ2) is 47.2. The van der Waals surface area contributed by atoms with E-state index in [0.717, 1.165) is 144 Å². The third kappa shape index (κ3) is 26.0. The highest BCUT2D eigenvalue weighted by molar-refractivity contribution is 7.22. The number of rotatable bonds is 34. The summed E-state index contributed by atoms with van der Waals surface area (Å²) >= 11 is 5.23. The first-order valence-electron chi connectivity index (χ1n) is 49.0. The number of nitrogens with zero attached hydrogens (tertiary/aromatic N) is 4. The van der Waals surface area contributed by atoms with Crippen molar-refractivity contribution >= 4 is 109 Å². The molecule has 4 saturated heterocycles. The molecule has 20 rings (SSSR count). The predicted octanol–water partition coefficient (Wildman–Crippen LogP) is 27.9. The molecule has 4 atom stereocenters. The summed E-state index contributed by atoms with van der Waals surface area (Å²) in [7, 11) is 0. The van der Waals surface area contributed by atoms with Gasteiger partial charge in [0.2, 0.25) is 23.1 Å². The van der Waals surface area contributed by atoms with Gasteiger partial charge in [0, 0.05) is 115 Å². The molecule has 4 aliphatic heterocycles. The summed E-state index contributed by atoms with van der Waals surface area (Å²) in [5.41, 5.74) is 5.44. The number of aromatic hydroxyl groups is 4. The van der Waals surface area contributed by atoms with Gasteiger partial charge in [0.15, 0.2) is 23.0 Å². The monoisotopic (exact) mass is 1990 g/mol. The van der Waals surface area contributed by atoms with Crippen molar-refractivity contribution in [3.05, 3.63) is 331 Å². The highest BCUT2D eigenvalue weighted by atomic mass is 32.1. The number of halogens is 1. The van der Waals surface area contributed by atoms with E-state index >= 15 is 0 Å². The van der Waals surface area contributed by atoms with Crippen molar-refractivity contribution < 1.29 is 81.9 Å². The fourth-order valence-electron chi connectivity index (χ4n) is 18.5. The number of aryl methyl sites for hydroxylation is 4. The smallest absolute Gasteiger partial charge is 0.207 e. The molecule has 4 aliphatic rings. The molecule has 0 aliphatic carbocycles. The molecule has 12 aromatic carbocycles. The third-order valence-electron chi connectivity index (χ3n) is 26.1. The lowest BCUT2D eigenvalue weighted by molar-refractivity contribution is 0.103. The molecule has 0 bridgehead atoms. The van der Waals surface area contributed by atoms with Gasteiger partial charge in [-0.2, -0.15) is 0 Å². The number of benzene rings is 12. The zero-order chi connectivity index (χ0) is 99.7. The number of phenolic OH excluding ortho intramolecular Hbond substituents is 4. The number of ether oxygens (including phenoxy) is 8. The zero-order valence-corrected chi connectivity index (χ0v) is 84.9.